The predicted octanol–water partition coefficient (Wildman–Crippen LogP) is 3.60. The largest absolute Gasteiger partial charge is 0.301 e. The topological polar surface area (TPSA) is 6.48 Å². The van der Waals surface area contributed by atoms with Gasteiger partial charge in [-0.2, -0.15) is 0 Å². The number of hydrogen-bond acceptors (Lipinski definition) is 2. The van der Waals surface area contributed by atoms with Gasteiger partial charge in [-0.3, -0.25) is 4.90 Å². The van der Waals surface area contributed by atoms with Crippen LogP contribution in [0.3, 0.4) is 0 Å². The van der Waals surface area contributed by atoms with E-state index in [1.54, 1.807) is 0 Å². The lowest BCUT2D eigenvalue weighted by Gasteiger charge is -2.36. The molecule has 1 heterocycles. The molecule has 21 heavy (non-hydrogen) atoms. The fourth-order valence-electron chi connectivity index (χ4n) is 3.17. The van der Waals surface area contributed by atoms with Gasteiger partial charge in [-0.1, -0.05) is 37.6 Å². The zero-order valence-electron chi connectivity index (χ0n) is 14.1. The molecule has 1 aromatic rings. The van der Waals surface area contributed by atoms with Gasteiger partial charge in [0.25, 0.3) is 0 Å². The summed E-state index contributed by atoms with van der Waals surface area (Å²) >= 11 is 0. The van der Waals surface area contributed by atoms with Gasteiger partial charge in [0.2, 0.25) is 0 Å². The Labute approximate surface area is 131 Å². The molecule has 0 amide bonds. The zero-order chi connectivity index (χ0) is 15.1. The quantitative estimate of drug-likeness (QED) is 0.756. The molecule has 0 bridgehead atoms. The first-order valence-electron chi connectivity index (χ1n) is 8.73. The van der Waals surface area contributed by atoms with Crippen molar-refractivity contribution in [3.8, 4) is 0 Å². The number of rotatable bonds is 7. The maximum atomic E-state index is 2.63. The van der Waals surface area contributed by atoms with Crippen LogP contribution in [0.2, 0.25) is 0 Å². The van der Waals surface area contributed by atoms with Crippen LogP contribution >= 0.6 is 0 Å². The molecule has 0 aromatic heterocycles. The Hall–Kier alpha value is -0.860. The van der Waals surface area contributed by atoms with E-state index in [0.717, 1.165) is 0 Å². The summed E-state index contributed by atoms with van der Waals surface area (Å²) in [4.78, 5) is 5.22. The van der Waals surface area contributed by atoms with Crippen LogP contribution in [0.4, 0.5) is 0 Å². The number of aryl methyl sites for hydroxylation is 2. The van der Waals surface area contributed by atoms with E-state index in [1.165, 1.54) is 69.5 Å². The third-order valence-corrected chi connectivity index (χ3v) is 4.64. The van der Waals surface area contributed by atoms with Crippen molar-refractivity contribution in [3.63, 3.8) is 0 Å². The van der Waals surface area contributed by atoms with E-state index >= 15 is 0 Å². The molecule has 0 N–H and O–H groups in total. The first-order valence-corrected chi connectivity index (χ1v) is 8.73. The van der Waals surface area contributed by atoms with Gasteiger partial charge >= 0.3 is 0 Å². The van der Waals surface area contributed by atoms with Crippen LogP contribution in [-0.2, 0) is 12.8 Å². The van der Waals surface area contributed by atoms with Gasteiger partial charge in [-0.15, -0.1) is 0 Å². The second kappa shape index (κ2) is 8.55. The Balaban J connectivity index is 1.65. The molecule has 118 valence electrons. The molecule has 0 aliphatic carbocycles. The molecule has 2 rings (SSSR count). The van der Waals surface area contributed by atoms with Crippen molar-refractivity contribution in [2.45, 2.75) is 52.5 Å². The van der Waals surface area contributed by atoms with Crippen LogP contribution in [0.25, 0.3) is 0 Å². The lowest BCUT2D eigenvalue weighted by atomic mass is 10.0. The fraction of sp³-hybridized carbons (Fsp3) is 0.684. The van der Waals surface area contributed by atoms with E-state index in [-0.39, 0.29) is 0 Å². The summed E-state index contributed by atoms with van der Waals surface area (Å²) in [7, 11) is 0. The maximum absolute atomic E-state index is 2.63. The van der Waals surface area contributed by atoms with Gasteiger partial charge in [-0.05, 0) is 50.8 Å². The summed E-state index contributed by atoms with van der Waals surface area (Å²) in [5.41, 5.74) is 2.97. The average Bonchev–Trinajstić information content (AvgIpc) is 2.50. The van der Waals surface area contributed by atoms with Crippen molar-refractivity contribution in [1.29, 1.82) is 0 Å². The third kappa shape index (κ3) is 5.44. The smallest absolute Gasteiger partial charge is 0.0113 e. The van der Waals surface area contributed by atoms with Crippen LogP contribution in [0.15, 0.2) is 24.3 Å². The van der Waals surface area contributed by atoms with Gasteiger partial charge in [0.1, 0.15) is 0 Å². The standard InChI is InChI=1S/C19H32N2/c1-4-6-18-8-10-19(11-9-18)7-5-12-20-13-15-21(16-14-20)17(2)3/h8-11,17H,4-7,12-16H2,1-3H3. The summed E-state index contributed by atoms with van der Waals surface area (Å²) in [6.45, 7) is 13.1. The lowest BCUT2D eigenvalue weighted by molar-refractivity contribution is 0.108. The summed E-state index contributed by atoms with van der Waals surface area (Å²) in [6, 6.07) is 9.96. The molecule has 0 radical (unpaired) electrons. The Kier molecular flexibility index (Phi) is 6.72. The number of nitrogens with zero attached hydrogens (tertiary/aromatic N) is 2. The molecule has 1 aliphatic heterocycles. The highest BCUT2D eigenvalue weighted by Crippen LogP contribution is 2.10. The summed E-state index contributed by atoms with van der Waals surface area (Å²) < 4.78 is 0. The average molecular weight is 288 g/mol. The van der Waals surface area contributed by atoms with Crippen molar-refractivity contribution in [2.75, 3.05) is 32.7 Å². The van der Waals surface area contributed by atoms with Gasteiger partial charge in [0, 0.05) is 32.2 Å². The van der Waals surface area contributed by atoms with Crippen LogP contribution < -0.4 is 0 Å². The van der Waals surface area contributed by atoms with E-state index in [4.69, 9.17) is 0 Å². The molecule has 1 aromatic carbocycles. The van der Waals surface area contributed by atoms with Gasteiger partial charge in [-0.25, -0.2) is 0 Å². The lowest BCUT2D eigenvalue weighted by Crippen LogP contribution is -2.48. The molecule has 0 unspecified atom stereocenters. The Morgan fingerprint density at radius 1 is 0.905 bits per heavy atom. The normalized spacial score (nSPS) is 17.5. The summed E-state index contributed by atoms with van der Waals surface area (Å²) in [5.74, 6) is 0. The molecule has 1 aliphatic rings. The van der Waals surface area contributed by atoms with Crippen LogP contribution in [0.5, 0.6) is 0 Å². The molecule has 0 atom stereocenters. The molecule has 0 spiro atoms. The first kappa shape index (κ1) is 16.5. The van der Waals surface area contributed by atoms with E-state index in [9.17, 15) is 0 Å². The van der Waals surface area contributed by atoms with Crippen LogP contribution in [0.1, 0.15) is 44.7 Å². The van der Waals surface area contributed by atoms with Gasteiger partial charge < -0.3 is 4.90 Å². The number of benzene rings is 1. The first-order chi connectivity index (χ1) is 10.2. The Morgan fingerprint density at radius 3 is 2.00 bits per heavy atom. The highest BCUT2D eigenvalue weighted by atomic mass is 15.3. The van der Waals surface area contributed by atoms with Crippen molar-refractivity contribution in [2.24, 2.45) is 0 Å². The van der Waals surface area contributed by atoms with E-state index in [1.807, 2.05) is 0 Å². The minimum Gasteiger partial charge on any atom is -0.301 e. The molecule has 0 saturated carbocycles. The highest BCUT2D eigenvalue weighted by Gasteiger charge is 2.17. The van der Waals surface area contributed by atoms with E-state index < -0.39 is 0 Å². The minimum atomic E-state index is 0.703. The molecular formula is C19H32N2. The van der Waals surface area contributed by atoms with Crippen molar-refractivity contribution in [1.82, 2.24) is 9.80 Å². The second-order valence-corrected chi connectivity index (χ2v) is 6.64. The highest BCUT2D eigenvalue weighted by molar-refractivity contribution is 5.22. The minimum absolute atomic E-state index is 0.703. The maximum Gasteiger partial charge on any atom is 0.0113 e. The molecule has 2 heteroatoms. The number of piperazine rings is 1. The molecule has 1 fully saturated rings. The fourth-order valence-corrected chi connectivity index (χ4v) is 3.17. The summed E-state index contributed by atoms with van der Waals surface area (Å²) in [6.07, 6.45) is 4.95. The third-order valence-electron chi connectivity index (χ3n) is 4.64. The predicted molar refractivity (Wildman–Crippen MR) is 91.9 cm³/mol. The zero-order valence-corrected chi connectivity index (χ0v) is 14.1. The Morgan fingerprint density at radius 2 is 1.48 bits per heavy atom. The summed E-state index contributed by atoms with van der Waals surface area (Å²) in [5, 5.41) is 0. The molecule has 2 nitrogen and oxygen atoms in total. The van der Waals surface area contributed by atoms with Gasteiger partial charge in [0.05, 0.1) is 0 Å². The number of hydrogen-bond donors (Lipinski definition) is 0. The van der Waals surface area contributed by atoms with E-state index in [0.29, 0.717) is 6.04 Å². The van der Waals surface area contributed by atoms with Gasteiger partial charge in [0.15, 0.2) is 0 Å². The van der Waals surface area contributed by atoms with E-state index in [2.05, 4.69) is 54.8 Å². The molecular weight excluding hydrogens is 256 g/mol. The van der Waals surface area contributed by atoms with Crippen molar-refractivity contribution < 1.29 is 0 Å². The Bertz CT molecular complexity index is 389. The second-order valence-electron chi connectivity index (χ2n) is 6.64. The molecule has 1 saturated heterocycles. The monoisotopic (exact) mass is 288 g/mol. The van der Waals surface area contributed by atoms with Crippen molar-refractivity contribution in [3.05, 3.63) is 35.4 Å². The van der Waals surface area contributed by atoms with Crippen LogP contribution in [-0.4, -0.2) is 48.6 Å². The van der Waals surface area contributed by atoms with Crippen LogP contribution in [0, 0.1) is 0 Å². The van der Waals surface area contributed by atoms with Crippen molar-refractivity contribution >= 4 is 0 Å². The SMILES string of the molecule is CCCc1ccc(CCCN2CCN(C(C)C)CC2)cc1.